The van der Waals surface area contributed by atoms with E-state index in [4.69, 9.17) is 0 Å². The molecule has 1 amide bonds. The maximum absolute atomic E-state index is 11.7. The SMILES string of the molecule is O=C(Cc1ccc([N+](=O)[O-])cc1)NNC1=CCCCC1. The summed E-state index contributed by atoms with van der Waals surface area (Å²) >= 11 is 0. The van der Waals surface area contributed by atoms with Crippen molar-refractivity contribution >= 4 is 11.6 Å². The summed E-state index contributed by atoms with van der Waals surface area (Å²) in [5.74, 6) is -0.162. The van der Waals surface area contributed by atoms with Gasteiger partial charge in [0.25, 0.3) is 5.69 Å². The highest BCUT2D eigenvalue weighted by Crippen LogP contribution is 2.14. The maximum atomic E-state index is 11.7. The van der Waals surface area contributed by atoms with Crippen LogP contribution in [0.15, 0.2) is 36.0 Å². The van der Waals surface area contributed by atoms with Crippen LogP contribution in [0.3, 0.4) is 0 Å². The van der Waals surface area contributed by atoms with Crippen LogP contribution in [0.25, 0.3) is 0 Å². The zero-order chi connectivity index (χ0) is 14.4. The fraction of sp³-hybridized carbons (Fsp3) is 0.357. The van der Waals surface area contributed by atoms with E-state index in [9.17, 15) is 14.9 Å². The normalized spacial score (nSPS) is 14.3. The Morgan fingerprint density at radius 2 is 2.00 bits per heavy atom. The number of non-ortho nitro benzene ring substituents is 1. The fourth-order valence-corrected chi connectivity index (χ4v) is 2.07. The van der Waals surface area contributed by atoms with Crippen molar-refractivity contribution in [3.63, 3.8) is 0 Å². The number of nitro groups is 1. The molecule has 20 heavy (non-hydrogen) atoms. The van der Waals surface area contributed by atoms with E-state index < -0.39 is 4.92 Å². The number of allylic oxidation sites excluding steroid dienone is 2. The van der Waals surface area contributed by atoms with E-state index in [2.05, 4.69) is 16.9 Å². The topological polar surface area (TPSA) is 84.3 Å². The molecule has 0 radical (unpaired) electrons. The van der Waals surface area contributed by atoms with E-state index in [1.165, 1.54) is 18.6 Å². The molecule has 1 aliphatic carbocycles. The highest BCUT2D eigenvalue weighted by Gasteiger charge is 2.08. The van der Waals surface area contributed by atoms with Gasteiger partial charge >= 0.3 is 0 Å². The van der Waals surface area contributed by atoms with Gasteiger partial charge in [-0.05, 0) is 31.2 Å². The molecule has 0 heterocycles. The van der Waals surface area contributed by atoms with Gasteiger partial charge in [-0.15, -0.1) is 0 Å². The molecule has 1 aliphatic rings. The lowest BCUT2D eigenvalue weighted by Gasteiger charge is -2.15. The summed E-state index contributed by atoms with van der Waals surface area (Å²) in [6.07, 6.45) is 6.62. The summed E-state index contributed by atoms with van der Waals surface area (Å²) in [5, 5.41) is 10.5. The number of nitro benzene ring substituents is 1. The average molecular weight is 275 g/mol. The van der Waals surface area contributed by atoms with Crippen molar-refractivity contribution in [3.05, 3.63) is 51.7 Å². The second-order valence-corrected chi connectivity index (χ2v) is 4.75. The first-order valence-electron chi connectivity index (χ1n) is 6.62. The van der Waals surface area contributed by atoms with Crippen LogP contribution in [-0.2, 0) is 11.2 Å². The number of carbonyl (C=O) groups is 1. The molecule has 1 aromatic carbocycles. The average Bonchev–Trinajstić information content (AvgIpc) is 2.47. The van der Waals surface area contributed by atoms with Crippen molar-refractivity contribution < 1.29 is 9.72 Å². The molecule has 106 valence electrons. The van der Waals surface area contributed by atoms with Gasteiger partial charge in [-0.2, -0.15) is 0 Å². The Bertz CT molecular complexity index is 523. The van der Waals surface area contributed by atoms with Gasteiger partial charge in [0.2, 0.25) is 5.91 Å². The van der Waals surface area contributed by atoms with Gasteiger partial charge in [-0.1, -0.05) is 18.2 Å². The number of hydrazine groups is 1. The first-order valence-corrected chi connectivity index (χ1v) is 6.62. The molecule has 6 heteroatoms. The van der Waals surface area contributed by atoms with Crippen LogP contribution in [0.5, 0.6) is 0 Å². The third-order valence-corrected chi connectivity index (χ3v) is 3.17. The largest absolute Gasteiger partial charge is 0.303 e. The van der Waals surface area contributed by atoms with Gasteiger partial charge in [0.1, 0.15) is 0 Å². The molecule has 1 aromatic rings. The van der Waals surface area contributed by atoms with Crippen LogP contribution in [0.1, 0.15) is 31.2 Å². The van der Waals surface area contributed by atoms with E-state index in [0.29, 0.717) is 0 Å². The van der Waals surface area contributed by atoms with E-state index >= 15 is 0 Å². The quantitative estimate of drug-likeness (QED) is 0.637. The molecule has 0 fully saturated rings. The molecule has 6 nitrogen and oxygen atoms in total. The van der Waals surface area contributed by atoms with Gasteiger partial charge in [0.15, 0.2) is 0 Å². The minimum atomic E-state index is -0.457. The first kappa shape index (κ1) is 14.0. The van der Waals surface area contributed by atoms with Crippen LogP contribution in [0.2, 0.25) is 0 Å². The van der Waals surface area contributed by atoms with Crippen LogP contribution in [0.4, 0.5) is 5.69 Å². The number of nitrogens with one attached hydrogen (secondary N) is 2. The Labute approximate surface area is 117 Å². The summed E-state index contributed by atoms with van der Waals surface area (Å²) < 4.78 is 0. The number of amides is 1. The number of nitrogens with zero attached hydrogens (tertiary/aromatic N) is 1. The number of carbonyl (C=O) groups excluding carboxylic acids is 1. The lowest BCUT2D eigenvalue weighted by Crippen LogP contribution is -2.38. The van der Waals surface area contributed by atoms with Gasteiger partial charge < -0.3 is 5.43 Å². The standard InChI is InChI=1S/C14H17N3O3/c18-14(16-15-12-4-2-1-3-5-12)10-11-6-8-13(9-7-11)17(19)20/h4,6-9,15H,1-3,5,10H2,(H,16,18). The van der Waals surface area contributed by atoms with E-state index in [1.54, 1.807) is 12.1 Å². The molecule has 2 N–H and O–H groups in total. The molecule has 2 rings (SSSR count). The molecule has 0 atom stereocenters. The minimum absolute atomic E-state index is 0.0274. The Hall–Kier alpha value is -2.37. The minimum Gasteiger partial charge on any atom is -0.303 e. The summed E-state index contributed by atoms with van der Waals surface area (Å²) in [5.41, 5.74) is 7.39. The summed E-state index contributed by atoms with van der Waals surface area (Å²) in [6.45, 7) is 0. The predicted molar refractivity (Wildman–Crippen MR) is 74.6 cm³/mol. The molecule has 0 unspecified atom stereocenters. The van der Waals surface area contributed by atoms with Gasteiger partial charge in [-0.25, -0.2) is 0 Å². The Kier molecular flexibility index (Phi) is 4.70. The lowest BCUT2D eigenvalue weighted by molar-refractivity contribution is -0.384. The first-order chi connectivity index (χ1) is 9.65. The maximum Gasteiger partial charge on any atom is 0.269 e. The second kappa shape index (κ2) is 6.70. The number of benzene rings is 1. The highest BCUT2D eigenvalue weighted by atomic mass is 16.6. The van der Waals surface area contributed by atoms with E-state index in [-0.39, 0.29) is 18.0 Å². The zero-order valence-corrected chi connectivity index (χ0v) is 11.1. The molecule has 0 saturated carbocycles. The molecule has 0 saturated heterocycles. The Balaban J connectivity index is 1.81. The smallest absolute Gasteiger partial charge is 0.269 e. The molecule has 0 aromatic heterocycles. The molecular weight excluding hydrogens is 258 g/mol. The van der Waals surface area contributed by atoms with Crippen molar-refractivity contribution in [2.75, 3.05) is 0 Å². The third kappa shape index (κ3) is 4.08. The Morgan fingerprint density at radius 1 is 1.25 bits per heavy atom. The monoisotopic (exact) mass is 275 g/mol. The predicted octanol–water partition coefficient (Wildman–Crippen LogP) is 2.22. The van der Waals surface area contributed by atoms with Crippen LogP contribution in [-0.4, -0.2) is 10.8 Å². The third-order valence-electron chi connectivity index (χ3n) is 3.17. The lowest BCUT2D eigenvalue weighted by atomic mass is 10.1. The van der Waals surface area contributed by atoms with E-state index in [1.807, 2.05) is 0 Å². The zero-order valence-electron chi connectivity index (χ0n) is 11.1. The second-order valence-electron chi connectivity index (χ2n) is 4.75. The van der Waals surface area contributed by atoms with Crippen molar-refractivity contribution in [2.45, 2.75) is 32.1 Å². The highest BCUT2D eigenvalue weighted by molar-refractivity contribution is 5.78. The summed E-state index contributed by atoms with van der Waals surface area (Å²) in [7, 11) is 0. The molecule has 0 spiro atoms. The van der Waals surface area contributed by atoms with Crippen molar-refractivity contribution in [3.8, 4) is 0 Å². The van der Waals surface area contributed by atoms with Gasteiger partial charge in [-0.3, -0.25) is 20.3 Å². The fourth-order valence-electron chi connectivity index (χ4n) is 2.07. The Morgan fingerprint density at radius 3 is 2.60 bits per heavy atom. The van der Waals surface area contributed by atoms with Crippen LogP contribution < -0.4 is 10.9 Å². The number of hydrogen-bond donors (Lipinski definition) is 2. The van der Waals surface area contributed by atoms with Crippen LogP contribution in [0, 0.1) is 10.1 Å². The van der Waals surface area contributed by atoms with Crippen molar-refractivity contribution in [2.24, 2.45) is 0 Å². The molecular formula is C14H17N3O3. The van der Waals surface area contributed by atoms with E-state index in [0.717, 1.165) is 30.5 Å². The van der Waals surface area contributed by atoms with Crippen LogP contribution >= 0.6 is 0 Å². The number of rotatable bonds is 5. The van der Waals surface area contributed by atoms with Crippen molar-refractivity contribution in [1.82, 2.24) is 10.9 Å². The van der Waals surface area contributed by atoms with Gasteiger partial charge in [0.05, 0.1) is 11.3 Å². The van der Waals surface area contributed by atoms with Crippen molar-refractivity contribution in [1.29, 1.82) is 0 Å². The molecule has 0 bridgehead atoms. The van der Waals surface area contributed by atoms with Gasteiger partial charge in [0, 0.05) is 17.8 Å². The summed E-state index contributed by atoms with van der Waals surface area (Å²) in [4.78, 5) is 21.8. The summed E-state index contributed by atoms with van der Waals surface area (Å²) in [6, 6.07) is 5.99. The number of hydrogen-bond acceptors (Lipinski definition) is 4. The molecule has 0 aliphatic heterocycles.